The monoisotopic (exact) mass is 286 g/mol. The van der Waals surface area contributed by atoms with Gasteiger partial charge in [-0.05, 0) is 47.2 Å². The van der Waals surface area contributed by atoms with Gasteiger partial charge in [-0.3, -0.25) is 0 Å². The van der Waals surface area contributed by atoms with Crippen molar-refractivity contribution >= 4 is 28.6 Å². The summed E-state index contributed by atoms with van der Waals surface area (Å²) < 4.78 is 0.841. The molecule has 66 valence electrons. The molecular formula is C10H7IO2. The maximum Gasteiger partial charge on any atom is 0.336 e. The van der Waals surface area contributed by atoms with Gasteiger partial charge in [0, 0.05) is 9.13 Å². The minimum Gasteiger partial charge on any atom is -0.478 e. The van der Waals surface area contributed by atoms with E-state index >= 15 is 0 Å². The summed E-state index contributed by atoms with van der Waals surface area (Å²) in [6.07, 6.45) is 5.24. The van der Waals surface area contributed by atoms with Gasteiger partial charge < -0.3 is 5.11 Å². The Labute approximate surface area is 90.1 Å². The fourth-order valence-electron chi connectivity index (χ4n) is 1.05. The van der Waals surface area contributed by atoms with Crippen molar-refractivity contribution in [2.45, 2.75) is 6.92 Å². The van der Waals surface area contributed by atoms with Crippen LogP contribution < -0.4 is 0 Å². The fraction of sp³-hybridized carbons (Fsp3) is 0.100. The maximum atomic E-state index is 10.8. The molecule has 1 rings (SSSR count). The molecule has 0 bridgehead atoms. The number of carboxylic acid groups (broad SMARTS) is 1. The highest BCUT2D eigenvalue weighted by atomic mass is 127. The van der Waals surface area contributed by atoms with E-state index in [1.54, 1.807) is 19.1 Å². The van der Waals surface area contributed by atoms with Crippen LogP contribution in [0.25, 0.3) is 0 Å². The second-order valence-corrected chi connectivity index (χ2v) is 3.82. The van der Waals surface area contributed by atoms with Gasteiger partial charge in [0.2, 0.25) is 0 Å². The summed E-state index contributed by atoms with van der Waals surface area (Å²) in [6.45, 7) is 1.72. The Balaban J connectivity index is 3.47. The molecule has 0 saturated carbocycles. The zero-order valence-electron chi connectivity index (χ0n) is 6.97. The lowest BCUT2D eigenvalue weighted by molar-refractivity contribution is 0.0696. The third kappa shape index (κ3) is 2.01. The van der Waals surface area contributed by atoms with Crippen LogP contribution >= 0.6 is 22.6 Å². The highest BCUT2D eigenvalue weighted by molar-refractivity contribution is 14.1. The van der Waals surface area contributed by atoms with Crippen LogP contribution in [0.1, 0.15) is 21.5 Å². The van der Waals surface area contributed by atoms with E-state index in [0.29, 0.717) is 11.1 Å². The van der Waals surface area contributed by atoms with Crippen molar-refractivity contribution < 1.29 is 9.90 Å². The molecule has 0 aliphatic heterocycles. The Morgan fingerprint density at radius 3 is 2.69 bits per heavy atom. The van der Waals surface area contributed by atoms with Gasteiger partial charge in [-0.25, -0.2) is 4.79 Å². The molecule has 0 unspecified atom stereocenters. The molecular weight excluding hydrogens is 279 g/mol. The van der Waals surface area contributed by atoms with Crippen molar-refractivity contribution in [3.63, 3.8) is 0 Å². The molecule has 0 saturated heterocycles. The van der Waals surface area contributed by atoms with Gasteiger partial charge in [0.25, 0.3) is 0 Å². The topological polar surface area (TPSA) is 37.3 Å². The molecule has 1 N–H and O–H groups in total. The zero-order chi connectivity index (χ0) is 10.0. The van der Waals surface area contributed by atoms with Gasteiger partial charge >= 0.3 is 5.97 Å². The molecule has 0 atom stereocenters. The Morgan fingerprint density at radius 1 is 1.62 bits per heavy atom. The normalized spacial score (nSPS) is 9.31. The number of rotatable bonds is 1. The number of carboxylic acids is 1. The van der Waals surface area contributed by atoms with Crippen LogP contribution in [0.5, 0.6) is 0 Å². The van der Waals surface area contributed by atoms with E-state index in [2.05, 4.69) is 5.92 Å². The van der Waals surface area contributed by atoms with Crippen LogP contribution in [0, 0.1) is 22.8 Å². The first kappa shape index (κ1) is 10.1. The number of halogens is 1. The maximum absolute atomic E-state index is 10.8. The molecule has 3 heteroatoms. The summed E-state index contributed by atoms with van der Waals surface area (Å²) >= 11 is 2.05. The van der Waals surface area contributed by atoms with E-state index in [4.69, 9.17) is 11.5 Å². The van der Waals surface area contributed by atoms with Crippen molar-refractivity contribution in [3.05, 3.63) is 32.4 Å². The molecule has 0 heterocycles. The average molecular weight is 286 g/mol. The molecule has 0 aliphatic carbocycles. The van der Waals surface area contributed by atoms with Crippen molar-refractivity contribution in [2.24, 2.45) is 0 Å². The van der Waals surface area contributed by atoms with Crippen LogP contribution in [-0.4, -0.2) is 11.1 Å². The van der Waals surface area contributed by atoms with Gasteiger partial charge in [-0.1, -0.05) is 5.92 Å². The number of aromatic carboxylic acids is 1. The molecule has 0 fully saturated rings. The summed E-state index contributed by atoms with van der Waals surface area (Å²) in [5.41, 5.74) is 1.57. The van der Waals surface area contributed by atoms with Crippen LogP contribution in [-0.2, 0) is 0 Å². The number of benzene rings is 1. The van der Waals surface area contributed by atoms with Crippen molar-refractivity contribution in [1.82, 2.24) is 0 Å². The molecule has 1 aromatic carbocycles. The first-order chi connectivity index (χ1) is 6.06. The molecule has 0 radical (unpaired) electrons. The standard InChI is InChI=1S/C10H7IO2/c1-3-7-4-8(11)5-9(6(7)2)10(12)13/h1,4-5H,2H3,(H,12,13). The SMILES string of the molecule is C#Cc1cc(I)cc(C(=O)O)c1C. The number of hydrogen-bond acceptors (Lipinski definition) is 1. The Hall–Kier alpha value is -1.02. The third-order valence-corrected chi connectivity index (χ3v) is 2.38. The predicted octanol–water partition coefficient (Wildman–Crippen LogP) is 2.28. The van der Waals surface area contributed by atoms with E-state index in [1.807, 2.05) is 22.6 Å². The van der Waals surface area contributed by atoms with Gasteiger partial charge in [-0.15, -0.1) is 6.42 Å². The summed E-state index contributed by atoms with van der Waals surface area (Å²) in [7, 11) is 0. The van der Waals surface area contributed by atoms with E-state index in [-0.39, 0.29) is 5.56 Å². The smallest absolute Gasteiger partial charge is 0.336 e. The third-order valence-electron chi connectivity index (χ3n) is 1.76. The highest BCUT2D eigenvalue weighted by Crippen LogP contribution is 2.17. The lowest BCUT2D eigenvalue weighted by Crippen LogP contribution is -2.02. The summed E-state index contributed by atoms with van der Waals surface area (Å²) in [5, 5.41) is 8.84. The van der Waals surface area contributed by atoms with Crippen molar-refractivity contribution in [3.8, 4) is 12.3 Å². The van der Waals surface area contributed by atoms with Crippen LogP contribution in [0.15, 0.2) is 12.1 Å². The first-order valence-electron chi connectivity index (χ1n) is 3.56. The van der Waals surface area contributed by atoms with Gasteiger partial charge in [0.05, 0.1) is 5.56 Å². The average Bonchev–Trinajstić information content (AvgIpc) is 2.08. The van der Waals surface area contributed by atoms with E-state index < -0.39 is 5.97 Å². The Kier molecular flexibility index (Phi) is 2.94. The zero-order valence-corrected chi connectivity index (χ0v) is 9.12. The molecule has 0 aliphatic rings. The summed E-state index contributed by atoms with van der Waals surface area (Å²) in [5.74, 6) is 1.53. The van der Waals surface area contributed by atoms with Crippen LogP contribution in [0.2, 0.25) is 0 Å². The fourth-order valence-corrected chi connectivity index (χ4v) is 1.67. The van der Waals surface area contributed by atoms with Crippen LogP contribution in [0.4, 0.5) is 0 Å². The summed E-state index contributed by atoms with van der Waals surface area (Å²) in [6, 6.07) is 3.40. The van der Waals surface area contributed by atoms with Gasteiger partial charge in [0.1, 0.15) is 0 Å². The highest BCUT2D eigenvalue weighted by Gasteiger charge is 2.10. The minimum absolute atomic E-state index is 0.278. The Bertz CT molecular complexity index is 402. The lowest BCUT2D eigenvalue weighted by Gasteiger charge is -2.04. The molecule has 0 amide bonds. The van der Waals surface area contributed by atoms with E-state index in [0.717, 1.165) is 3.57 Å². The predicted molar refractivity (Wildman–Crippen MR) is 58.8 cm³/mol. The van der Waals surface area contributed by atoms with Gasteiger partial charge in [0.15, 0.2) is 0 Å². The first-order valence-corrected chi connectivity index (χ1v) is 4.64. The second kappa shape index (κ2) is 3.79. The van der Waals surface area contributed by atoms with Gasteiger partial charge in [-0.2, -0.15) is 0 Å². The molecule has 0 spiro atoms. The minimum atomic E-state index is -0.937. The quantitative estimate of drug-likeness (QED) is 0.635. The molecule has 13 heavy (non-hydrogen) atoms. The largest absolute Gasteiger partial charge is 0.478 e. The molecule has 1 aromatic rings. The Morgan fingerprint density at radius 2 is 2.23 bits per heavy atom. The van der Waals surface area contributed by atoms with Crippen LogP contribution in [0.3, 0.4) is 0 Å². The number of hydrogen-bond donors (Lipinski definition) is 1. The van der Waals surface area contributed by atoms with Crippen molar-refractivity contribution in [1.29, 1.82) is 0 Å². The number of terminal acetylenes is 1. The van der Waals surface area contributed by atoms with Crippen molar-refractivity contribution in [2.75, 3.05) is 0 Å². The van der Waals surface area contributed by atoms with E-state index in [9.17, 15) is 4.79 Å². The second-order valence-electron chi connectivity index (χ2n) is 2.58. The summed E-state index contributed by atoms with van der Waals surface area (Å²) in [4.78, 5) is 10.8. The number of carbonyl (C=O) groups is 1. The van der Waals surface area contributed by atoms with E-state index in [1.165, 1.54) is 0 Å². The molecule has 0 aromatic heterocycles. The lowest BCUT2D eigenvalue weighted by atomic mass is 10.0. The molecule has 2 nitrogen and oxygen atoms in total.